The average Bonchev–Trinajstić information content (AvgIpc) is 3.26. The van der Waals surface area contributed by atoms with E-state index in [1.807, 2.05) is 152 Å². The Balaban J connectivity index is 1.11. The minimum Gasteiger partial charge on any atom is -0.282 e. The molecule has 0 saturated heterocycles. The predicted molar refractivity (Wildman–Crippen MR) is 221 cm³/mol. The summed E-state index contributed by atoms with van der Waals surface area (Å²) in [6, 6.07) is 62.2. The SMILES string of the molecule is N=C(N=C(N=Cc1ccccc1)c1ccccc1)c1ccc(-c2ccccc2-c2cccc(-c3cc(-c4ccccc4)cc(-c4ccccn4)n3)n2)cc1. The van der Waals surface area contributed by atoms with Crippen molar-refractivity contribution >= 4 is 17.9 Å². The van der Waals surface area contributed by atoms with Gasteiger partial charge in [-0.15, -0.1) is 0 Å². The molecule has 0 unspecified atom stereocenters. The van der Waals surface area contributed by atoms with Crippen LogP contribution in [0.5, 0.6) is 0 Å². The van der Waals surface area contributed by atoms with Crippen LogP contribution in [0.1, 0.15) is 16.7 Å². The van der Waals surface area contributed by atoms with E-state index in [4.69, 9.17) is 15.4 Å². The van der Waals surface area contributed by atoms with Crippen molar-refractivity contribution < 1.29 is 0 Å². The van der Waals surface area contributed by atoms with Crippen molar-refractivity contribution in [3.05, 3.63) is 211 Å². The molecule has 54 heavy (non-hydrogen) atoms. The minimum atomic E-state index is 0.128. The molecule has 8 rings (SSSR count). The lowest BCUT2D eigenvalue weighted by Gasteiger charge is -2.13. The minimum absolute atomic E-state index is 0.128. The van der Waals surface area contributed by atoms with Gasteiger partial charge in [-0.3, -0.25) is 10.4 Å². The topological polar surface area (TPSA) is 87.2 Å². The summed E-state index contributed by atoms with van der Waals surface area (Å²) in [5.74, 6) is 0.601. The molecular weight excluding hydrogens is 661 g/mol. The molecule has 6 heteroatoms. The van der Waals surface area contributed by atoms with Crippen molar-refractivity contribution in [2.45, 2.75) is 0 Å². The summed E-state index contributed by atoms with van der Waals surface area (Å²) in [6.07, 6.45) is 3.56. The Morgan fingerprint density at radius 3 is 1.76 bits per heavy atom. The van der Waals surface area contributed by atoms with Gasteiger partial charge in [-0.05, 0) is 64.2 Å². The number of nitrogens with zero attached hydrogens (tertiary/aromatic N) is 5. The molecule has 5 aromatic carbocycles. The molecule has 0 aliphatic heterocycles. The summed E-state index contributed by atoms with van der Waals surface area (Å²) in [5, 5.41) is 8.91. The van der Waals surface area contributed by atoms with Crippen molar-refractivity contribution in [1.29, 1.82) is 5.41 Å². The van der Waals surface area contributed by atoms with Crippen molar-refractivity contribution in [2.75, 3.05) is 0 Å². The maximum absolute atomic E-state index is 8.91. The van der Waals surface area contributed by atoms with Gasteiger partial charge in [0, 0.05) is 29.1 Å². The zero-order valence-electron chi connectivity index (χ0n) is 29.3. The molecule has 0 bridgehead atoms. The quantitative estimate of drug-likeness (QED) is 0.127. The molecule has 0 spiro atoms. The lowest BCUT2D eigenvalue weighted by molar-refractivity contribution is 1.22. The van der Waals surface area contributed by atoms with Gasteiger partial charge in [-0.25, -0.2) is 20.0 Å². The highest BCUT2D eigenvalue weighted by Gasteiger charge is 2.14. The normalized spacial score (nSPS) is 11.4. The largest absolute Gasteiger partial charge is 0.282 e. The van der Waals surface area contributed by atoms with Crippen LogP contribution in [0.3, 0.4) is 0 Å². The van der Waals surface area contributed by atoms with E-state index in [2.05, 4.69) is 51.4 Å². The predicted octanol–water partition coefficient (Wildman–Crippen LogP) is 11.1. The molecule has 6 nitrogen and oxygen atoms in total. The van der Waals surface area contributed by atoms with Crippen LogP contribution in [-0.2, 0) is 0 Å². The second kappa shape index (κ2) is 15.8. The van der Waals surface area contributed by atoms with Crippen LogP contribution < -0.4 is 0 Å². The lowest BCUT2D eigenvalue weighted by atomic mass is 9.96. The first-order valence-corrected chi connectivity index (χ1v) is 17.7. The van der Waals surface area contributed by atoms with E-state index in [0.29, 0.717) is 11.4 Å². The third kappa shape index (κ3) is 7.73. The third-order valence-corrected chi connectivity index (χ3v) is 8.93. The van der Waals surface area contributed by atoms with E-state index in [1.165, 1.54) is 0 Å². The Morgan fingerprint density at radius 1 is 0.444 bits per heavy atom. The van der Waals surface area contributed by atoms with E-state index < -0.39 is 0 Å². The maximum Gasteiger partial charge on any atom is 0.161 e. The number of amidine groups is 2. The molecule has 256 valence electrons. The summed E-state index contributed by atoms with van der Waals surface area (Å²) in [6.45, 7) is 0. The van der Waals surface area contributed by atoms with Crippen LogP contribution >= 0.6 is 0 Å². The van der Waals surface area contributed by atoms with Gasteiger partial charge in [-0.2, -0.15) is 0 Å². The Morgan fingerprint density at radius 2 is 1.04 bits per heavy atom. The molecule has 0 aliphatic rings. The highest BCUT2D eigenvalue weighted by atomic mass is 14.9. The molecule has 1 N–H and O–H groups in total. The number of hydrogen-bond donors (Lipinski definition) is 1. The lowest BCUT2D eigenvalue weighted by Crippen LogP contribution is -2.04. The Hall–Kier alpha value is -7.44. The van der Waals surface area contributed by atoms with Gasteiger partial charge in [0.15, 0.2) is 11.7 Å². The summed E-state index contributed by atoms with van der Waals surface area (Å²) in [5.41, 5.74) is 11.6. The first-order chi connectivity index (χ1) is 26.7. The first-order valence-electron chi connectivity index (χ1n) is 17.7. The maximum atomic E-state index is 8.91. The van der Waals surface area contributed by atoms with Gasteiger partial charge in [0.2, 0.25) is 0 Å². The van der Waals surface area contributed by atoms with Crippen LogP contribution in [0.2, 0.25) is 0 Å². The van der Waals surface area contributed by atoms with Gasteiger partial charge in [-0.1, -0.05) is 152 Å². The Bertz CT molecular complexity index is 2530. The van der Waals surface area contributed by atoms with Gasteiger partial charge >= 0.3 is 0 Å². The number of nitrogens with one attached hydrogen (secondary N) is 1. The standard InChI is InChI=1S/C48H34N6/c49-47(54-48(38-19-8-3-9-20-38)51-33-34-15-4-1-5-16-34)37-28-26-36(27-29-37)40-21-10-11-22-41(40)42-24-14-25-44(52-42)46-32-39(35-17-6-2-7-18-35)31-45(53-46)43-23-12-13-30-50-43/h1-33,49H. The molecule has 8 aromatic rings. The highest BCUT2D eigenvalue weighted by Crippen LogP contribution is 2.34. The summed E-state index contributed by atoms with van der Waals surface area (Å²) in [7, 11) is 0. The fourth-order valence-corrected chi connectivity index (χ4v) is 6.20. The fraction of sp³-hybridized carbons (Fsp3) is 0. The zero-order chi connectivity index (χ0) is 36.5. The Labute approximate surface area is 314 Å². The monoisotopic (exact) mass is 694 g/mol. The zero-order valence-corrected chi connectivity index (χ0v) is 29.3. The van der Waals surface area contributed by atoms with Gasteiger partial charge in [0.05, 0.1) is 28.5 Å². The molecule has 0 radical (unpaired) electrons. The highest BCUT2D eigenvalue weighted by molar-refractivity contribution is 6.13. The molecule has 0 atom stereocenters. The van der Waals surface area contributed by atoms with Crippen LogP contribution in [0.4, 0.5) is 0 Å². The van der Waals surface area contributed by atoms with Crippen molar-refractivity contribution in [3.8, 4) is 56.3 Å². The molecule has 0 fully saturated rings. The van der Waals surface area contributed by atoms with Gasteiger partial charge < -0.3 is 0 Å². The summed E-state index contributed by atoms with van der Waals surface area (Å²) in [4.78, 5) is 24.1. The van der Waals surface area contributed by atoms with E-state index >= 15 is 0 Å². The van der Waals surface area contributed by atoms with Crippen LogP contribution in [0.25, 0.3) is 56.3 Å². The molecule has 0 aliphatic carbocycles. The van der Waals surface area contributed by atoms with E-state index in [-0.39, 0.29) is 5.84 Å². The number of aliphatic imine (C=N–C) groups is 2. The molecular formula is C48H34N6. The third-order valence-electron chi connectivity index (χ3n) is 8.93. The van der Waals surface area contributed by atoms with Crippen molar-refractivity contribution in [3.63, 3.8) is 0 Å². The number of pyridine rings is 3. The second-order valence-corrected chi connectivity index (χ2v) is 12.6. The number of benzene rings is 5. The summed E-state index contributed by atoms with van der Waals surface area (Å²) < 4.78 is 0. The van der Waals surface area contributed by atoms with Gasteiger partial charge in [0.1, 0.15) is 0 Å². The molecule has 3 heterocycles. The van der Waals surface area contributed by atoms with Crippen LogP contribution in [0, 0.1) is 5.41 Å². The van der Waals surface area contributed by atoms with Crippen LogP contribution in [0.15, 0.2) is 204 Å². The van der Waals surface area contributed by atoms with Gasteiger partial charge in [0.25, 0.3) is 0 Å². The number of aromatic nitrogens is 3. The first kappa shape index (κ1) is 33.7. The molecule has 3 aromatic heterocycles. The average molecular weight is 695 g/mol. The number of rotatable bonds is 8. The molecule has 0 amide bonds. The Kier molecular flexibility index (Phi) is 9.89. The van der Waals surface area contributed by atoms with Crippen molar-refractivity contribution in [2.24, 2.45) is 9.98 Å². The van der Waals surface area contributed by atoms with Crippen LogP contribution in [-0.4, -0.2) is 32.8 Å². The van der Waals surface area contributed by atoms with E-state index in [0.717, 1.165) is 67.4 Å². The smallest absolute Gasteiger partial charge is 0.161 e. The van der Waals surface area contributed by atoms with E-state index in [9.17, 15) is 0 Å². The summed E-state index contributed by atoms with van der Waals surface area (Å²) >= 11 is 0. The second-order valence-electron chi connectivity index (χ2n) is 12.6. The van der Waals surface area contributed by atoms with E-state index in [1.54, 1.807) is 12.4 Å². The molecule has 0 saturated carbocycles. The fourth-order valence-electron chi connectivity index (χ4n) is 6.20. The number of hydrogen-bond acceptors (Lipinski definition) is 4. The van der Waals surface area contributed by atoms with Crippen molar-refractivity contribution in [1.82, 2.24) is 15.0 Å².